The number of nitrogens with one attached hydrogen (secondary N) is 1. The molecule has 1 aliphatic rings. The number of fused-ring (bicyclic) bond motifs is 2. The van der Waals surface area contributed by atoms with Gasteiger partial charge in [-0.2, -0.15) is 0 Å². The second-order valence-corrected chi connectivity index (χ2v) is 11.9. The summed E-state index contributed by atoms with van der Waals surface area (Å²) in [5.41, 5.74) is 5.89. The molecule has 1 aliphatic heterocycles. The number of unbranched alkanes of at least 4 members (excludes halogenated alkanes) is 2. The summed E-state index contributed by atoms with van der Waals surface area (Å²) in [6.45, 7) is 5.24. The molecule has 0 bridgehead atoms. The number of hydrogen-bond donors (Lipinski definition) is 1. The highest BCUT2D eigenvalue weighted by Gasteiger charge is 2.30. The molecular weight excluding hydrogens is 486 g/mol. The SMILES string of the molecule is COCCCCCC(=O)Cc1sc2c(c1-c1nc3cc(-c4ccncc4)ccc3s1)C[C@@H](C)N[C@@H]2C. The molecule has 5 nitrogen and oxygen atoms in total. The zero-order valence-corrected chi connectivity index (χ0v) is 22.8. The highest BCUT2D eigenvalue weighted by molar-refractivity contribution is 7.22. The lowest BCUT2D eigenvalue weighted by molar-refractivity contribution is -0.118. The summed E-state index contributed by atoms with van der Waals surface area (Å²) >= 11 is 3.55. The number of rotatable bonds is 10. The van der Waals surface area contributed by atoms with Crippen LogP contribution in [0.3, 0.4) is 0 Å². The van der Waals surface area contributed by atoms with Crippen molar-refractivity contribution in [3.8, 4) is 21.7 Å². The van der Waals surface area contributed by atoms with Crippen molar-refractivity contribution in [2.45, 2.75) is 64.5 Å². The topological polar surface area (TPSA) is 64.1 Å². The van der Waals surface area contributed by atoms with E-state index in [9.17, 15) is 4.79 Å². The molecule has 0 aliphatic carbocycles. The van der Waals surface area contributed by atoms with Crippen molar-refractivity contribution in [2.75, 3.05) is 13.7 Å². The molecule has 1 N–H and O–H groups in total. The van der Waals surface area contributed by atoms with Crippen LogP contribution in [0.5, 0.6) is 0 Å². The summed E-state index contributed by atoms with van der Waals surface area (Å²) in [5, 5.41) is 4.72. The van der Waals surface area contributed by atoms with Gasteiger partial charge in [0.15, 0.2) is 0 Å². The van der Waals surface area contributed by atoms with Gasteiger partial charge in [-0.15, -0.1) is 22.7 Å². The van der Waals surface area contributed by atoms with E-state index in [4.69, 9.17) is 9.72 Å². The monoisotopic (exact) mass is 519 g/mol. The maximum absolute atomic E-state index is 13.0. The molecule has 0 saturated carbocycles. The molecule has 5 rings (SSSR count). The molecule has 7 heteroatoms. The number of thiazole rings is 1. The van der Waals surface area contributed by atoms with Crippen LogP contribution in [0.15, 0.2) is 42.7 Å². The number of nitrogens with zero attached hydrogens (tertiary/aromatic N) is 2. The largest absolute Gasteiger partial charge is 0.385 e. The molecule has 0 saturated heterocycles. The Bertz CT molecular complexity index is 1350. The van der Waals surface area contributed by atoms with Crippen LogP contribution < -0.4 is 5.32 Å². The van der Waals surface area contributed by atoms with E-state index in [1.807, 2.05) is 35.9 Å². The predicted octanol–water partition coefficient (Wildman–Crippen LogP) is 7.00. The van der Waals surface area contributed by atoms with Crippen molar-refractivity contribution >= 4 is 38.7 Å². The highest BCUT2D eigenvalue weighted by atomic mass is 32.1. The second kappa shape index (κ2) is 11.3. The van der Waals surface area contributed by atoms with E-state index < -0.39 is 0 Å². The fourth-order valence-corrected chi connectivity index (χ4v) is 7.59. The van der Waals surface area contributed by atoms with Crippen LogP contribution >= 0.6 is 22.7 Å². The number of thiophene rings is 1. The van der Waals surface area contributed by atoms with Crippen LogP contribution in [0.4, 0.5) is 0 Å². The summed E-state index contributed by atoms with van der Waals surface area (Å²) in [5.74, 6) is 0.321. The van der Waals surface area contributed by atoms with Gasteiger partial charge >= 0.3 is 0 Å². The predicted molar refractivity (Wildman–Crippen MR) is 150 cm³/mol. The number of hydrogen-bond acceptors (Lipinski definition) is 7. The Morgan fingerprint density at radius 3 is 2.72 bits per heavy atom. The van der Waals surface area contributed by atoms with E-state index >= 15 is 0 Å². The molecule has 0 spiro atoms. The zero-order valence-electron chi connectivity index (χ0n) is 21.2. The minimum atomic E-state index is 0.290. The van der Waals surface area contributed by atoms with Gasteiger partial charge in [-0.25, -0.2) is 4.98 Å². The molecule has 188 valence electrons. The number of benzene rings is 1. The van der Waals surface area contributed by atoms with Gasteiger partial charge in [0.1, 0.15) is 10.8 Å². The number of carbonyl (C=O) groups excluding carboxylic acids is 1. The minimum absolute atomic E-state index is 0.290. The first-order valence-corrected chi connectivity index (χ1v) is 14.4. The molecule has 0 unspecified atom stereocenters. The Labute approximate surface area is 221 Å². The number of ether oxygens (including phenoxy) is 1. The number of carbonyl (C=O) groups is 1. The Hall–Kier alpha value is -2.45. The number of pyridine rings is 1. The number of aromatic nitrogens is 2. The van der Waals surface area contributed by atoms with Crippen molar-refractivity contribution in [1.29, 1.82) is 0 Å². The molecule has 4 aromatic rings. The van der Waals surface area contributed by atoms with Crippen molar-refractivity contribution in [3.63, 3.8) is 0 Å². The second-order valence-electron chi connectivity index (χ2n) is 9.69. The van der Waals surface area contributed by atoms with Crippen LogP contribution in [0.2, 0.25) is 0 Å². The van der Waals surface area contributed by atoms with Gasteiger partial charge in [0.2, 0.25) is 0 Å². The normalized spacial score (nSPS) is 17.4. The van der Waals surface area contributed by atoms with Crippen molar-refractivity contribution in [3.05, 3.63) is 58.0 Å². The molecule has 36 heavy (non-hydrogen) atoms. The zero-order chi connectivity index (χ0) is 25.1. The molecular formula is C29H33N3O2S2. The average Bonchev–Trinajstić information content (AvgIpc) is 3.44. The Balaban J connectivity index is 1.47. The molecule has 0 amide bonds. The lowest BCUT2D eigenvalue weighted by Gasteiger charge is -2.26. The highest BCUT2D eigenvalue weighted by Crippen LogP contribution is 2.45. The summed E-state index contributed by atoms with van der Waals surface area (Å²) in [6, 6.07) is 11.2. The van der Waals surface area contributed by atoms with Crippen molar-refractivity contribution < 1.29 is 9.53 Å². The van der Waals surface area contributed by atoms with E-state index in [0.29, 0.717) is 24.7 Å². The van der Waals surface area contributed by atoms with E-state index in [0.717, 1.165) is 53.9 Å². The molecule has 0 fully saturated rings. The molecule has 4 heterocycles. The third kappa shape index (κ3) is 5.44. The third-order valence-corrected chi connectivity index (χ3v) is 9.29. The minimum Gasteiger partial charge on any atom is -0.385 e. The van der Waals surface area contributed by atoms with Crippen molar-refractivity contribution in [1.82, 2.24) is 15.3 Å². The summed E-state index contributed by atoms with van der Waals surface area (Å²) in [7, 11) is 1.73. The number of Topliss-reactive ketones (excluding diaryl/α,β-unsaturated/α-hetero) is 1. The van der Waals surface area contributed by atoms with Gasteiger partial charge in [-0.05, 0) is 74.1 Å². The van der Waals surface area contributed by atoms with E-state index in [2.05, 4.69) is 42.3 Å². The van der Waals surface area contributed by atoms with E-state index in [1.165, 1.54) is 25.6 Å². The van der Waals surface area contributed by atoms with E-state index in [-0.39, 0.29) is 6.04 Å². The van der Waals surface area contributed by atoms with Gasteiger partial charge in [0, 0.05) is 66.4 Å². The summed E-state index contributed by atoms with van der Waals surface area (Å²) in [4.78, 5) is 24.8. The molecule has 2 atom stereocenters. The van der Waals surface area contributed by atoms with E-state index in [1.54, 1.807) is 18.4 Å². The molecule has 3 aromatic heterocycles. The standard InChI is InChI=1S/C29H33N3O2S2/c1-18-15-23-27(26(35-28(23)19(2)31-18)17-22(33)7-5-4-6-14-34-3)29-32-24-16-21(8-9-25(24)36-29)20-10-12-30-13-11-20/h8-13,16,18-19,31H,4-7,14-15,17H2,1-3H3/t18-,19-/m1/s1. The van der Waals surface area contributed by atoms with Gasteiger partial charge in [-0.1, -0.05) is 12.5 Å². The van der Waals surface area contributed by atoms with Gasteiger partial charge in [-0.3, -0.25) is 9.78 Å². The van der Waals surface area contributed by atoms with Crippen molar-refractivity contribution in [2.24, 2.45) is 0 Å². The smallest absolute Gasteiger partial charge is 0.138 e. The van der Waals surface area contributed by atoms with Crippen LogP contribution in [-0.2, 0) is 22.4 Å². The lowest BCUT2D eigenvalue weighted by atomic mass is 9.94. The number of methoxy groups -OCH3 is 1. The molecule has 0 radical (unpaired) electrons. The van der Waals surface area contributed by atoms with Gasteiger partial charge in [0.25, 0.3) is 0 Å². The Morgan fingerprint density at radius 1 is 1.08 bits per heavy atom. The number of ketones is 1. The van der Waals surface area contributed by atoms with Crippen LogP contribution in [-0.4, -0.2) is 35.5 Å². The third-order valence-electron chi connectivity index (χ3n) is 6.83. The maximum Gasteiger partial charge on any atom is 0.138 e. The first kappa shape index (κ1) is 25.2. The van der Waals surface area contributed by atoms with Gasteiger partial charge < -0.3 is 10.1 Å². The maximum atomic E-state index is 13.0. The summed E-state index contributed by atoms with van der Waals surface area (Å²) in [6.07, 6.45) is 8.70. The Kier molecular flexibility index (Phi) is 7.91. The first-order chi connectivity index (χ1) is 17.5. The average molecular weight is 520 g/mol. The van der Waals surface area contributed by atoms with Crippen LogP contribution in [0, 0.1) is 0 Å². The quantitative estimate of drug-likeness (QED) is 0.229. The fraction of sp³-hybridized carbons (Fsp3) is 0.414. The Morgan fingerprint density at radius 2 is 1.92 bits per heavy atom. The fourth-order valence-electron chi connectivity index (χ4n) is 5.10. The van der Waals surface area contributed by atoms with Crippen LogP contribution in [0.1, 0.15) is 60.9 Å². The van der Waals surface area contributed by atoms with Gasteiger partial charge in [0.05, 0.1) is 10.2 Å². The molecule has 1 aromatic carbocycles. The first-order valence-electron chi connectivity index (χ1n) is 12.8. The lowest BCUT2D eigenvalue weighted by Crippen LogP contribution is -2.35. The summed E-state index contributed by atoms with van der Waals surface area (Å²) < 4.78 is 6.31. The van der Waals surface area contributed by atoms with Crippen LogP contribution in [0.25, 0.3) is 31.9 Å².